The van der Waals surface area contributed by atoms with E-state index in [1.807, 2.05) is 12.1 Å². The average Bonchev–Trinajstić information content (AvgIpc) is 3.20. The minimum absolute atomic E-state index is 0.433. The van der Waals surface area contributed by atoms with Crippen molar-refractivity contribution in [2.24, 2.45) is 0 Å². The van der Waals surface area contributed by atoms with Gasteiger partial charge in [-0.25, -0.2) is 4.98 Å². The molecule has 7 heteroatoms. The molecule has 4 heterocycles. The van der Waals surface area contributed by atoms with Crippen LogP contribution in [-0.2, 0) is 5.41 Å². The fourth-order valence-electron chi connectivity index (χ4n) is 3.62. The van der Waals surface area contributed by atoms with Crippen molar-refractivity contribution in [2.45, 2.75) is 37.5 Å². The molecule has 1 N–H and O–H groups in total. The molecule has 7 nitrogen and oxygen atoms in total. The monoisotopic (exact) mass is 338 g/mol. The predicted molar refractivity (Wildman–Crippen MR) is 93.0 cm³/mol. The Balaban J connectivity index is 1.61. The molecule has 2 saturated heterocycles. The maximum atomic E-state index is 9.67. The van der Waals surface area contributed by atoms with E-state index in [2.05, 4.69) is 31.4 Å². The van der Waals surface area contributed by atoms with Crippen LogP contribution < -0.4 is 10.2 Å². The summed E-state index contributed by atoms with van der Waals surface area (Å²) in [7, 11) is 0. The quantitative estimate of drug-likeness (QED) is 0.918. The molecule has 2 aliphatic rings. The van der Waals surface area contributed by atoms with Crippen molar-refractivity contribution in [3.8, 4) is 17.5 Å². The van der Waals surface area contributed by atoms with E-state index in [9.17, 15) is 5.26 Å². The van der Waals surface area contributed by atoms with Crippen LogP contribution in [0, 0.1) is 11.3 Å². The summed E-state index contributed by atoms with van der Waals surface area (Å²) < 4.78 is 5.49. The van der Waals surface area contributed by atoms with E-state index >= 15 is 0 Å². The van der Waals surface area contributed by atoms with E-state index in [-0.39, 0.29) is 0 Å². The molecule has 0 spiro atoms. The van der Waals surface area contributed by atoms with Gasteiger partial charge in [0, 0.05) is 24.8 Å². The van der Waals surface area contributed by atoms with Gasteiger partial charge in [0.25, 0.3) is 0 Å². The van der Waals surface area contributed by atoms with Crippen LogP contribution in [0.3, 0.4) is 0 Å². The zero-order valence-electron chi connectivity index (χ0n) is 14.2. The van der Waals surface area contributed by atoms with Crippen LogP contribution in [0.1, 0.15) is 38.0 Å². The second kappa shape index (κ2) is 6.81. The van der Waals surface area contributed by atoms with Crippen molar-refractivity contribution in [1.82, 2.24) is 20.4 Å². The van der Waals surface area contributed by atoms with E-state index in [4.69, 9.17) is 4.52 Å². The number of nitrogens with zero attached hydrogens (tertiary/aromatic N) is 5. The third kappa shape index (κ3) is 3.10. The molecule has 2 aromatic rings. The number of aromatic nitrogens is 3. The lowest BCUT2D eigenvalue weighted by atomic mass is 9.80. The number of nitriles is 1. The van der Waals surface area contributed by atoms with Crippen LogP contribution in [0.2, 0.25) is 0 Å². The molecule has 2 aliphatic heterocycles. The molecule has 0 radical (unpaired) electrons. The smallest absolute Gasteiger partial charge is 0.247 e. The Bertz CT molecular complexity index is 768. The molecule has 4 rings (SSSR count). The summed E-state index contributed by atoms with van der Waals surface area (Å²) >= 11 is 0. The molecule has 0 saturated carbocycles. The number of pyridine rings is 1. The molecule has 0 amide bonds. The zero-order chi connectivity index (χ0) is 17.1. The molecule has 130 valence electrons. The first-order chi connectivity index (χ1) is 12.3. The van der Waals surface area contributed by atoms with Gasteiger partial charge in [0.1, 0.15) is 11.2 Å². The normalized spacial score (nSPS) is 20.2. The highest BCUT2D eigenvalue weighted by atomic mass is 16.5. The second-order valence-electron chi connectivity index (χ2n) is 6.82. The molecule has 0 aromatic carbocycles. The predicted octanol–water partition coefficient (Wildman–Crippen LogP) is 2.27. The molecule has 0 bridgehead atoms. The van der Waals surface area contributed by atoms with Gasteiger partial charge in [0.05, 0.1) is 6.07 Å². The van der Waals surface area contributed by atoms with E-state index < -0.39 is 5.41 Å². The van der Waals surface area contributed by atoms with E-state index in [1.165, 1.54) is 19.3 Å². The maximum absolute atomic E-state index is 9.67. The number of anilines is 1. The van der Waals surface area contributed by atoms with Crippen LogP contribution in [0.4, 0.5) is 5.82 Å². The van der Waals surface area contributed by atoms with Crippen LogP contribution in [-0.4, -0.2) is 41.3 Å². The third-order valence-electron chi connectivity index (χ3n) is 5.19. The second-order valence-corrected chi connectivity index (χ2v) is 6.82. The van der Waals surface area contributed by atoms with Crippen molar-refractivity contribution in [3.63, 3.8) is 0 Å². The number of piperidine rings is 2. The summed E-state index contributed by atoms with van der Waals surface area (Å²) in [6.45, 7) is 3.66. The summed E-state index contributed by atoms with van der Waals surface area (Å²) in [6.07, 6.45) is 6.88. The van der Waals surface area contributed by atoms with Crippen molar-refractivity contribution in [3.05, 3.63) is 24.2 Å². The Kier molecular flexibility index (Phi) is 4.36. The van der Waals surface area contributed by atoms with Gasteiger partial charge >= 0.3 is 0 Å². The first kappa shape index (κ1) is 16.0. The van der Waals surface area contributed by atoms with Gasteiger partial charge in [0.2, 0.25) is 11.7 Å². The molecular formula is C18H22N6O. The number of rotatable bonds is 3. The largest absolute Gasteiger partial charge is 0.357 e. The van der Waals surface area contributed by atoms with E-state index in [0.29, 0.717) is 24.6 Å². The fraction of sp³-hybridized carbons (Fsp3) is 0.556. The summed E-state index contributed by atoms with van der Waals surface area (Å²) in [5.74, 6) is 1.92. The average molecular weight is 338 g/mol. The molecule has 0 aliphatic carbocycles. The van der Waals surface area contributed by atoms with Gasteiger partial charge in [-0.3, -0.25) is 0 Å². The molecule has 2 fully saturated rings. The van der Waals surface area contributed by atoms with Crippen molar-refractivity contribution in [2.75, 3.05) is 31.1 Å². The Morgan fingerprint density at radius 2 is 2.00 bits per heavy atom. The van der Waals surface area contributed by atoms with Gasteiger partial charge in [-0.15, -0.1) is 0 Å². The minimum Gasteiger partial charge on any atom is -0.357 e. The summed E-state index contributed by atoms with van der Waals surface area (Å²) in [5, 5.41) is 17.1. The molecule has 0 atom stereocenters. The summed E-state index contributed by atoms with van der Waals surface area (Å²) in [4.78, 5) is 11.4. The van der Waals surface area contributed by atoms with E-state index in [0.717, 1.165) is 37.6 Å². The van der Waals surface area contributed by atoms with Crippen LogP contribution in [0.5, 0.6) is 0 Å². The minimum atomic E-state index is -0.667. The van der Waals surface area contributed by atoms with Crippen LogP contribution in [0.15, 0.2) is 22.9 Å². The molecule has 25 heavy (non-hydrogen) atoms. The van der Waals surface area contributed by atoms with Crippen molar-refractivity contribution < 1.29 is 4.52 Å². The topological polar surface area (TPSA) is 90.9 Å². The van der Waals surface area contributed by atoms with Crippen molar-refractivity contribution in [1.29, 1.82) is 5.26 Å². The van der Waals surface area contributed by atoms with Gasteiger partial charge in [-0.2, -0.15) is 10.2 Å². The van der Waals surface area contributed by atoms with Gasteiger partial charge in [0.15, 0.2) is 0 Å². The molecule has 2 aromatic heterocycles. The van der Waals surface area contributed by atoms with Gasteiger partial charge in [-0.05, 0) is 57.3 Å². The highest BCUT2D eigenvalue weighted by molar-refractivity contribution is 5.60. The van der Waals surface area contributed by atoms with Gasteiger partial charge < -0.3 is 14.7 Å². The zero-order valence-corrected chi connectivity index (χ0v) is 14.2. The summed E-state index contributed by atoms with van der Waals surface area (Å²) in [5.41, 5.74) is 0.215. The summed E-state index contributed by atoms with van der Waals surface area (Å²) in [6, 6.07) is 6.31. The van der Waals surface area contributed by atoms with Gasteiger partial charge in [-0.1, -0.05) is 5.16 Å². The maximum Gasteiger partial charge on any atom is 0.247 e. The van der Waals surface area contributed by atoms with E-state index in [1.54, 1.807) is 6.20 Å². The highest BCUT2D eigenvalue weighted by Crippen LogP contribution is 2.33. The van der Waals surface area contributed by atoms with Crippen molar-refractivity contribution >= 4 is 5.82 Å². The molecule has 0 unspecified atom stereocenters. The first-order valence-electron chi connectivity index (χ1n) is 8.98. The lowest BCUT2D eigenvalue weighted by Gasteiger charge is -2.27. The Hall–Kier alpha value is -2.46. The Morgan fingerprint density at radius 3 is 2.76 bits per heavy atom. The number of nitrogens with one attached hydrogen (secondary N) is 1. The lowest BCUT2D eigenvalue weighted by molar-refractivity contribution is 0.273. The Morgan fingerprint density at radius 1 is 1.20 bits per heavy atom. The van der Waals surface area contributed by atoms with Crippen LogP contribution in [0.25, 0.3) is 11.4 Å². The SMILES string of the molecule is N#CC1(c2nc(-c3ccnc(N4CCCCC4)c3)no2)CCNCC1. The third-order valence-corrected chi connectivity index (χ3v) is 5.19. The first-order valence-corrected chi connectivity index (χ1v) is 8.98. The highest BCUT2D eigenvalue weighted by Gasteiger charge is 2.39. The molecular weight excluding hydrogens is 316 g/mol. The Labute approximate surface area is 147 Å². The van der Waals surface area contributed by atoms with Crippen LogP contribution >= 0.6 is 0 Å². The lowest BCUT2D eigenvalue weighted by Crippen LogP contribution is -2.39. The fourth-order valence-corrected chi connectivity index (χ4v) is 3.62. The number of hydrogen-bond donors (Lipinski definition) is 1. The number of hydrogen-bond acceptors (Lipinski definition) is 7. The standard InChI is InChI=1S/C18H22N6O/c19-13-18(5-8-20-9-6-18)17-22-16(23-25-17)14-4-7-21-15(12-14)24-10-2-1-3-11-24/h4,7,12,20H,1-3,5-6,8-11H2.